The second kappa shape index (κ2) is 8.78. The summed E-state index contributed by atoms with van der Waals surface area (Å²) < 4.78 is 38.2. The van der Waals surface area contributed by atoms with Crippen LogP contribution in [0.5, 0.6) is 0 Å². The van der Waals surface area contributed by atoms with Crippen molar-refractivity contribution in [3.05, 3.63) is 41.5 Å². The van der Waals surface area contributed by atoms with Gasteiger partial charge in [0.05, 0.1) is 13.0 Å². The Bertz CT molecular complexity index is 716. The predicted octanol–water partition coefficient (Wildman–Crippen LogP) is 4.43. The van der Waals surface area contributed by atoms with E-state index in [1.54, 1.807) is 0 Å². The number of halogens is 3. The standard InChI is InChI=1S/C23H31F3N2O/c24-23(25,26)11-14-27-12-3-4-13-28-20(15-27)22(21(28)16-29)19-9-7-18(8-10-19)17-5-1-2-6-17/h5,7-10,20-22,29H,1-4,6,11-16H2/t20-,21+,22-/m1/s1. The third kappa shape index (κ3) is 4.70. The monoisotopic (exact) mass is 408 g/mol. The summed E-state index contributed by atoms with van der Waals surface area (Å²) in [4.78, 5) is 4.29. The summed E-state index contributed by atoms with van der Waals surface area (Å²) in [7, 11) is 0. The molecule has 1 aromatic carbocycles. The average molecular weight is 409 g/mol. The summed E-state index contributed by atoms with van der Waals surface area (Å²) in [6.45, 7) is 2.45. The lowest BCUT2D eigenvalue weighted by atomic mass is 9.74. The van der Waals surface area contributed by atoms with Crippen molar-refractivity contribution in [3.63, 3.8) is 0 Å². The quantitative estimate of drug-likeness (QED) is 0.781. The van der Waals surface area contributed by atoms with E-state index in [-0.39, 0.29) is 31.2 Å². The molecule has 0 saturated carbocycles. The molecule has 0 bridgehead atoms. The summed E-state index contributed by atoms with van der Waals surface area (Å²) in [6, 6.07) is 8.92. The number of nitrogens with zero attached hydrogens (tertiary/aromatic N) is 2. The molecule has 2 fully saturated rings. The van der Waals surface area contributed by atoms with Gasteiger partial charge in [-0.15, -0.1) is 0 Å². The number of aliphatic hydroxyl groups excluding tert-OH is 1. The van der Waals surface area contributed by atoms with Crippen LogP contribution in [-0.4, -0.2) is 66.0 Å². The van der Waals surface area contributed by atoms with E-state index >= 15 is 0 Å². The molecule has 1 aliphatic carbocycles. The van der Waals surface area contributed by atoms with E-state index in [0.29, 0.717) is 6.54 Å². The van der Waals surface area contributed by atoms with E-state index in [1.165, 1.54) is 23.1 Å². The third-order valence-electron chi connectivity index (χ3n) is 6.87. The molecule has 160 valence electrons. The Kier molecular flexibility index (Phi) is 6.32. The first kappa shape index (κ1) is 20.9. The SMILES string of the molecule is OC[C@H]1[C@H](c2ccc(C3=CCCC3)cc2)[C@H]2CN(CCC(F)(F)F)CCCCN21. The van der Waals surface area contributed by atoms with Crippen LogP contribution in [-0.2, 0) is 0 Å². The predicted molar refractivity (Wildman–Crippen MR) is 109 cm³/mol. The molecule has 3 atom stereocenters. The fourth-order valence-corrected chi connectivity index (χ4v) is 5.35. The van der Waals surface area contributed by atoms with Gasteiger partial charge < -0.3 is 10.0 Å². The number of fused-ring (bicyclic) bond motifs is 1. The number of aliphatic hydroxyl groups is 1. The topological polar surface area (TPSA) is 26.7 Å². The third-order valence-corrected chi connectivity index (χ3v) is 6.87. The van der Waals surface area contributed by atoms with Crippen LogP contribution in [0, 0.1) is 0 Å². The lowest BCUT2D eigenvalue weighted by molar-refractivity contribution is -0.140. The highest BCUT2D eigenvalue weighted by atomic mass is 19.4. The molecule has 0 aromatic heterocycles. The molecule has 29 heavy (non-hydrogen) atoms. The van der Waals surface area contributed by atoms with Gasteiger partial charge in [0.2, 0.25) is 0 Å². The minimum atomic E-state index is -4.11. The maximum absolute atomic E-state index is 12.7. The first-order valence-electron chi connectivity index (χ1n) is 10.9. The van der Waals surface area contributed by atoms with Gasteiger partial charge in [-0.1, -0.05) is 30.3 Å². The molecule has 0 unspecified atom stereocenters. The molecule has 1 aromatic rings. The van der Waals surface area contributed by atoms with E-state index in [4.69, 9.17) is 0 Å². The van der Waals surface area contributed by atoms with Gasteiger partial charge in [-0.25, -0.2) is 0 Å². The van der Waals surface area contributed by atoms with Crippen molar-refractivity contribution < 1.29 is 18.3 Å². The number of hydrogen-bond acceptors (Lipinski definition) is 3. The van der Waals surface area contributed by atoms with Crippen molar-refractivity contribution >= 4 is 5.57 Å². The first-order chi connectivity index (χ1) is 14.0. The van der Waals surface area contributed by atoms with Crippen molar-refractivity contribution in [2.75, 3.05) is 32.8 Å². The molecular weight excluding hydrogens is 377 g/mol. The molecule has 0 radical (unpaired) electrons. The molecule has 4 rings (SSSR count). The van der Waals surface area contributed by atoms with Crippen LogP contribution >= 0.6 is 0 Å². The molecule has 0 amide bonds. The Hall–Kier alpha value is -1.37. The normalized spacial score (nSPS) is 29.0. The zero-order valence-electron chi connectivity index (χ0n) is 16.9. The van der Waals surface area contributed by atoms with Gasteiger partial charge in [-0.05, 0) is 61.9 Å². The van der Waals surface area contributed by atoms with Crippen LogP contribution in [0.25, 0.3) is 5.57 Å². The number of alkyl halides is 3. The number of rotatable bonds is 5. The summed E-state index contributed by atoms with van der Waals surface area (Å²) in [5, 5.41) is 10.0. The number of benzene rings is 1. The Balaban J connectivity index is 1.49. The van der Waals surface area contributed by atoms with E-state index in [2.05, 4.69) is 35.2 Å². The van der Waals surface area contributed by atoms with E-state index in [9.17, 15) is 18.3 Å². The van der Waals surface area contributed by atoms with Crippen LogP contribution in [0.15, 0.2) is 30.3 Å². The van der Waals surface area contributed by atoms with E-state index < -0.39 is 12.6 Å². The highest BCUT2D eigenvalue weighted by molar-refractivity contribution is 5.67. The van der Waals surface area contributed by atoms with Gasteiger partial charge in [0, 0.05) is 31.1 Å². The van der Waals surface area contributed by atoms with Crippen molar-refractivity contribution in [1.82, 2.24) is 9.80 Å². The van der Waals surface area contributed by atoms with Gasteiger partial charge in [0.25, 0.3) is 0 Å². The fraction of sp³-hybridized carbons (Fsp3) is 0.652. The molecule has 1 N–H and O–H groups in total. The molecule has 2 heterocycles. The largest absolute Gasteiger partial charge is 0.395 e. The fourth-order valence-electron chi connectivity index (χ4n) is 5.35. The molecule has 6 heteroatoms. The van der Waals surface area contributed by atoms with Crippen molar-refractivity contribution in [1.29, 1.82) is 0 Å². The molecular formula is C23H31F3N2O. The van der Waals surface area contributed by atoms with Crippen LogP contribution in [0.2, 0.25) is 0 Å². The minimum absolute atomic E-state index is 0.0669. The van der Waals surface area contributed by atoms with Crippen LogP contribution < -0.4 is 0 Å². The van der Waals surface area contributed by atoms with Crippen LogP contribution in [0.4, 0.5) is 13.2 Å². The number of allylic oxidation sites excluding steroid dienone is 2. The summed E-state index contributed by atoms with van der Waals surface area (Å²) in [6.07, 6.45) is 2.82. The zero-order chi connectivity index (χ0) is 20.4. The summed E-state index contributed by atoms with van der Waals surface area (Å²) in [5.41, 5.74) is 3.88. The van der Waals surface area contributed by atoms with Crippen molar-refractivity contribution in [3.8, 4) is 0 Å². The van der Waals surface area contributed by atoms with Crippen molar-refractivity contribution in [2.45, 2.75) is 62.7 Å². The molecule has 3 aliphatic rings. The highest BCUT2D eigenvalue weighted by Gasteiger charge is 2.49. The molecule has 0 spiro atoms. The maximum Gasteiger partial charge on any atom is 0.390 e. The van der Waals surface area contributed by atoms with Gasteiger partial charge in [-0.3, -0.25) is 4.90 Å². The summed E-state index contributed by atoms with van der Waals surface area (Å²) >= 11 is 0. The van der Waals surface area contributed by atoms with Gasteiger partial charge >= 0.3 is 6.18 Å². The second-order valence-electron chi connectivity index (χ2n) is 8.70. The van der Waals surface area contributed by atoms with Gasteiger partial charge in [-0.2, -0.15) is 13.2 Å². The van der Waals surface area contributed by atoms with Crippen LogP contribution in [0.1, 0.15) is 55.6 Å². The number of hydrogen-bond donors (Lipinski definition) is 1. The van der Waals surface area contributed by atoms with E-state index in [1.807, 2.05) is 4.90 Å². The smallest absolute Gasteiger partial charge is 0.390 e. The van der Waals surface area contributed by atoms with Gasteiger partial charge in [0.1, 0.15) is 0 Å². The minimum Gasteiger partial charge on any atom is -0.395 e. The van der Waals surface area contributed by atoms with Crippen molar-refractivity contribution in [2.24, 2.45) is 0 Å². The molecule has 3 nitrogen and oxygen atoms in total. The Labute approximate surface area is 171 Å². The Morgan fingerprint density at radius 2 is 1.79 bits per heavy atom. The molecule has 2 saturated heterocycles. The maximum atomic E-state index is 12.7. The average Bonchev–Trinajstić information content (AvgIpc) is 3.20. The lowest BCUT2D eigenvalue weighted by Crippen LogP contribution is -2.67. The molecule has 2 aliphatic heterocycles. The van der Waals surface area contributed by atoms with Crippen LogP contribution in [0.3, 0.4) is 0 Å². The first-order valence-corrected chi connectivity index (χ1v) is 10.9. The highest BCUT2D eigenvalue weighted by Crippen LogP contribution is 2.42. The Morgan fingerprint density at radius 1 is 1.03 bits per heavy atom. The second-order valence-corrected chi connectivity index (χ2v) is 8.70. The summed E-state index contributed by atoms with van der Waals surface area (Å²) in [5.74, 6) is 0.179. The lowest BCUT2D eigenvalue weighted by Gasteiger charge is -2.57. The van der Waals surface area contributed by atoms with E-state index in [0.717, 1.165) is 38.8 Å². The van der Waals surface area contributed by atoms with Gasteiger partial charge in [0.15, 0.2) is 0 Å². The Morgan fingerprint density at radius 3 is 2.45 bits per heavy atom. The zero-order valence-corrected chi connectivity index (χ0v) is 16.9.